The number of hydrogen-bond acceptors (Lipinski definition) is 4. The maximum Gasteiger partial charge on any atom is 0.423 e. The number of guanidine groups is 1. The highest BCUT2D eigenvalue weighted by Crippen LogP contribution is 2.53. The van der Waals surface area contributed by atoms with E-state index in [0.717, 1.165) is 11.1 Å². The fourth-order valence-corrected chi connectivity index (χ4v) is 2.46. The van der Waals surface area contributed by atoms with Gasteiger partial charge in [-0.25, -0.2) is 9.98 Å². The maximum absolute atomic E-state index is 13.3. The normalized spacial score (nSPS) is 24.0. The minimum Gasteiger partial charge on any atom is -0.317 e. The molecule has 0 N–H and O–H groups in total. The van der Waals surface area contributed by atoms with E-state index in [2.05, 4.69) is 9.98 Å². The van der Waals surface area contributed by atoms with Gasteiger partial charge in [-0.3, -0.25) is 4.79 Å². The number of ketones is 1. The fourth-order valence-electron chi connectivity index (χ4n) is 2.46. The number of aliphatic imine (C=N–C) groups is 2. The Hall–Kier alpha value is -1.87. The molecule has 1 atom stereocenters. The Morgan fingerprint density at radius 1 is 1.32 bits per heavy atom. The van der Waals surface area contributed by atoms with Crippen molar-refractivity contribution in [1.82, 2.24) is 4.90 Å². The topological polar surface area (TPSA) is 45.0 Å². The lowest BCUT2D eigenvalue weighted by Crippen LogP contribution is -2.67. The van der Waals surface area contributed by atoms with Crippen molar-refractivity contribution < 1.29 is 31.1 Å². The molecule has 0 amide bonds. The summed E-state index contributed by atoms with van der Waals surface area (Å²) in [6, 6.07) is 0. The summed E-state index contributed by atoms with van der Waals surface area (Å²) in [6.07, 6.45) is -8.38. The maximum atomic E-state index is 13.3. The van der Waals surface area contributed by atoms with Gasteiger partial charge in [-0.1, -0.05) is 6.92 Å². The van der Waals surface area contributed by atoms with E-state index in [9.17, 15) is 31.1 Å². The number of carbonyl (C=O) groups excluding carboxylic acids is 1. The third-order valence-electron chi connectivity index (χ3n) is 3.56. The predicted octanol–water partition coefficient (Wildman–Crippen LogP) is 2.71. The average molecular weight is 327 g/mol. The first-order valence-electron chi connectivity index (χ1n) is 6.28. The molecule has 22 heavy (non-hydrogen) atoms. The average Bonchev–Trinajstić information content (AvgIpc) is 2.42. The van der Waals surface area contributed by atoms with Crippen molar-refractivity contribution in [3.8, 4) is 0 Å². The third kappa shape index (κ3) is 2.30. The van der Waals surface area contributed by atoms with Gasteiger partial charge >= 0.3 is 12.4 Å². The van der Waals surface area contributed by atoms with Crippen LogP contribution >= 0.6 is 0 Å². The van der Waals surface area contributed by atoms with Crippen LogP contribution in [0.2, 0.25) is 0 Å². The number of halogens is 6. The molecule has 1 unspecified atom stereocenters. The zero-order valence-electron chi connectivity index (χ0n) is 11.2. The van der Waals surface area contributed by atoms with Crippen LogP contribution in [0.25, 0.3) is 0 Å². The second-order valence-corrected chi connectivity index (χ2v) is 4.82. The Labute approximate surface area is 121 Å². The van der Waals surface area contributed by atoms with E-state index >= 15 is 0 Å². The molecule has 0 saturated carbocycles. The van der Waals surface area contributed by atoms with E-state index in [0.29, 0.717) is 0 Å². The zero-order valence-corrected chi connectivity index (χ0v) is 11.2. The molecule has 0 aromatic heterocycles. The second-order valence-electron chi connectivity index (χ2n) is 4.82. The molecule has 0 aromatic rings. The number of carbonyl (C=O) groups is 1. The van der Waals surface area contributed by atoms with Crippen LogP contribution in [0.4, 0.5) is 26.3 Å². The Kier molecular flexibility index (Phi) is 3.82. The second kappa shape index (κ2) is 5.10. The summed E-state index contributed by atoms with van der Waals surface area (Å²) in [5.74, 6) is -4.24. The summed E-state index contributed by atoms with van der Waals surface area (Å²) in [5, 5.41) is 0. The summed E-state index contributed by atoms with van der Waals surface area (Å²) in [5.41, 5.74) is -4.47. The van der Waals surface area contributed by atoms with Gasteiger partial charge in [0.2, 0.25) is 5.96 Å². The summed E-state index contributed by atoms with van der Waals surface area (Å²) in [7, 11) is 0. The van der Waals surface area contributed by atoms with E-state index in [4.69, 9.17) is 0 Å². The number of rotatable bonds is 2. The molecule has 122 valence electrons. The summed E-state index contributed by atoms with van der Waals surface area (Å²) in [4.78, 5) is 19.1. The van der Waals surface area contributed by atoms with Gasteiger partial charge in [0.05, 0.1) is 5.92 Å². The van der Waals surface area contributed by atoms with Gasteiger partial charge in [0.25, 0.3) is 5.54 Å². The Morgan fingerprint density at radius 3 is 2.41 bits per heavy atom. The van der Waals surface area contributed by atoms with Crippen LogP contribution in [-0.2, 0) is 4.79 Å². The van der Waals surface area contributed by atoms with Gasteiger partial charge in [0.15, 0.2) is 0 Å². The number of allylic oxidation sites excluding steroid dienone is 1. The molecule has 10 heteroatoms. The van der Waals surface area contributed by atoms with Gasteiger partial charge < -0.3 is 4.90 Å². The van der Waals surface area contributed by atoms with Gasteiger partial charge in [0, 0.05) is 25.4 Å². The molecule has 2 heterocycles. The quantitative estimate of drug-likeness (QED) is 0.732. The van der Waals surface area contributed by atoms with Crippen LogP contribution < -0.4 is 0 Å². The number of alkyl halides is 6. The van der Waals surface area contributed by atoms with Crippen molar-refractivity contribution in [1.29, 1.82) is 0 Å². The van der Waals surface area contributed by atoms with Crippen LogP contribution in [-0.4, -0.2) is 47.3 Å². The highest BCUT2D eigenvalue weighted by atomic mass is 19.4. The van der Waals surface area contributed by atoms with Gasteiger partial charge in [-0.2, -0.15) is 26.3 Å². The highest BCUT2D eigenvalue weighted by Gasteiger charge is 2.77. The lowest BCUT2D eigenvalue weighted by atomic mass is 9.77. The summed E-state index contributed by atoms with van der Waals surface area (Å²) in [6.45, 7) is 0.432. The number of nitrogens with zero attached hydrogens (tertiary/aromatic N) is 3. The molecular formula is C12H11F6N3O. The molecule has 0 fully saturated rings. The third-order valence-corrected chi connectivity index (χ3v) is 3.56. The lowest BCUT2D eigenvalue weighted by Gasteiger charge is -2.44. The minimum atomic E-state index is -5.77. The van der Waals surface area contributed by atoms with Crippen molar-refractivity contribution >= 4 is 18.0 Å². The molecule has 0 aliphatic carbocycles. The number of Topliss-reactive ketones (excluding diaryl/α,β-unsaturated/α-hetero) is 1. The Bertz CT molecular complexity index is 546. The molecule has 0 bridgehead atoms. The molecule has 0 radical (unpaired) electrons. The van der Waals surface area contributed by atoms with Crippen molar-refractivity contribution in [3.63, 3.8) is 0 Å². The number of fused-ring (bicyclic) bond motifs is 1. The molecule has 0 aromatic carbocycles. The van der Waals surface area contributed by atoms with Crippen LogP contribution in [0.1, 0.15) is 13.3 Å². The van der Waals surface area contributed by atoms with E-state index in [1.54, 1.807) is 0 Å². The molecule has 2 rings (SSSR count). The number of hydrogen-bond donors (Lipinski definition) is 0. The van der Waals surface area contributed by atoms with Crippen LogP contribution in [0, 0.1) is 5.92 Å². The fraction of sp³-hybridized carbons (Fsp3) is 0.583. The van der Waals surface area contributed by atoms with Crippen molar-refractivity contribution in [2.45, 2.75) is 31.2 Å². The summed E-state index contributed by atoms with van der Waals surface area (Å²) >= 11 is 0. The molecule has 0 spiro atoms. The first-order chi connectivity index (χ1) is 10.0. The van der Waals surface area contributed by atoms with Crippen molar-refractivity contribution in [2.24, 2.45) is 15.9 Å². The van der Waals surface area contributed by atoms with E-state index in [1.165, 1.54) is 19.2 Å². The van der Waals surface area contributed by atoms with Crippen LogP contribution in [0.15, 0.2) is 22.3 Å². The van der Waals surface area contributed by atoms with Gasteiger partial charge in [-0.15, -0.1) is 0 Å². The minimum absolute atomic E-state index is 0.454. The molecule has 0 saturated heterocycles. The van der Waals surface area contributed by atoms with Crippen LogP contribution in [0.5, 0.6) is 0 Å². The van der Waals surface area contributed by atoms with Gasteiger partial charge in [-0.05, 0) is 6.08 Å². The summed E-state index contributed by atoms with van der Waals surface area (Å²) < 4.78 is 80.0. The van der Waals surface area contributed by atoms with Crippen LogP contribution in [0.3, 0.4) is 0 Å². The first kappa shape index (κ1) is 16.5. The molecule has 4 nitrogen and oxygen atoms in total. The van der Waals surface area contributed by atoms with Crippen molar-refractivity contribution in [3.05, 3.63) is 12.3 Å². The predicted molar refractivity (Wildman–Crippen MR) is 65.4 cm³/mol. The smallest absolute Gasteiger partial charge is 0.317 e. The molecule has 2 aliphatic heterocycles. The standard InChI is InChI=1S/C12H11F6N3O/c1-2-8(22)7-6-21-5-3-4-19-9(21)20-10(7,11(13,14)15)12(16,17)18/h3-5,7H,2,6H2,1H3. The van der Waals surface area contributed by atoms with E-state index < -0.39 is 48.5 Å². The zero-order chi connectivity index (χ0) is 16.8. The molecule has 2 aliphatic rings. The van der Waals surface area contributed by atoms with E-state index in [-0.39, 0.29) is 0 Å². The molecular weight excluding hydrogens is 316 g/mol. The van der Waals surface area contributed by atoms with Gasteiger partial charge in [0.1, 0.15) is 5.78 Å². The Morgan fingerprint density at radius 2 is 1.91 bits per heavy atom. The lowest BCUT2D eigenvalue weighted by molar-refractivity contribution is -0.309. The first-order valence-corrected chi connectivity index (χ1v) is 6.28. The van der Waals surface area contributed by atoms with E-state index in [1.807, 2.05) is 0 Å². The SMILES string of the molecule is CCC(=O)C1CN2C=CC=NC2=NC1(C(F)(F)F)C(F)(F)F. The van der Waals surface area contributed by atoms with Crippen molar-refractivity contribution in [2.75, 3.05) is 6.54 Å². The largest absolute Gasteiger partial charge is 0.423 e. The highest BCUT2D eigenvalue weighted by molar-refractivity contribution is 5.96. The monoisotopic (exact) mass is 327 g/mol. The Balaban J connectivity index is 2.71.